The largest absolute Gasteiger partial charge is 0.382 e. The maximum absolute atomic E-state index is 12.9. The molecule has 1 aromatic carbocycles. The lowest BCUT2D eigenvalue weighted by Crippen LogP contribution is -2.31. The predicted octanol–water partition coefficient (Wildman–Crippen LogP) is 1.58. The summed E-state index contributed by atoms with van der Waals surface area (Å²) in [6.45, 7) is 1.86. The Labute approximate surface area is 95.6 Å². The average Bonchev–Trinajstić information content (AvgIpc) is 2.28. The molecule has 4 heteroatoms. The lowest BCUT2D eigenvalue weighted by atomic mass is 10.2. The first-order valence-corrected chi connectivity index (χ1v) is 5.23. The summed E-state index contributed by atoms with van der Waals surface area (Å²) in [5.41, 5.74) is 0.923. The van der Waals surface area contributed by atoms with E-state index in [1.54, 1.807) is 20.3 Å². The summed E-state index contributed by atoms with van der Waals surface area (Å²) >= 11 is 0. The lowest BCUT2D eigenvalue weighted by Gasteiger charge is -2.14. The molecule has 16 heavy (non-hydrogen) atoms. The maximum atomic E-state index is 12.9. The third-order valence-electron chi connectivity index (χ3n) is 2.28. The van der Waals surface area contributed by atoms with Crippen molar-refractivity contribution in [2.24, 2.45) is 0 Å². The van der Waals surface area contributed by atoms with Crippen LogP contribution in [0.3, 0.4) is 0 Å². The van der Waals surface area contributed by atoms with Crippen molar-refractivity contribution in [3.8, 4) is 0 Å². The van der Waals surface area contributed by atoms with Gasteiger partial charge in [0.15, 0.2) is 0 Å². The third kappa shape index (κ3) is 4.70. The van der Waals surface area contributed by atoms with E-state index in [0.717, 1.165) is 5.56 Å². The first kappa shape index (κ1) is 13.1. The fourth-order valence-electron chi connectivity index (χ4n) is 1.42. The Hall–Kier alpha value is -0.970. The number of halogens is 1. The second-order valence-corrected chi connectivity index (χ2v) is 3.57. The molecule has 0 aliphatic rings. The minimum absolute atomic E-state index is 0.0264. The first-order valence-electron chi connectivity index (χ1n) is 5.23. The Morgan fingerprint density at radius 3 is 2.81 bits per heavy atom. The van der Waals surface area contributed by atoms with Crippen LogP contribution in [0.5, 0.6) is 0 Å². The number of methoxy groups -OCH3 is 2. The third-order valence-corrected chi connectivity index (χ3v) is 2.28. The molecule has 0 heterocycles. The molecular formula is C12H18FNO2. The molecule has 0 aromatic heterocycles. The van der Waals surface area contributed by atoms with Gasteiger partial charge in [-0.1, -0.05) is 12.1 Å². The Balaban J connectivity index is 2.29. The monoisotopic (exact) mass is 227 g/mol. The van der Waals surface area contributed by atoms with E-state index in [0.29, 0.717) is 19.7 Å². The number of nitrogens with one attached hydrogen (secondary N) is 1. The van der Waals surface area contributed by atoms with Gasteiger partial charge in [-0.15, -0.1) is 0 Å². The van der Waals surface area contributed by atoms with Gasteiger partial charge >= 0.3 is 0 Å². The van der Waals surface area contributed by atoms with Crippen molar-refractivity contribution in [3.63, 3.8) is 0 Å². The fraction of sp³-hybridized carbons (Fsp3) is 0.500. The van der Waals surface area contributed by atoms with E-state index in [1.807, 2.05) is 6.07 Å². The second-order valence-electron chi connectivity index (χ2n) is 3.57. The molecular weight excluding hydrogens is 209 g/mol. The van der Waals surface area contributed by atoms with Gasteiger partial charge in [0.2, 0.25) is 0 Å². The van der Waals surface area contributed by atoms with Crippen LogP contribution in [0.15, 0.2) is 24.3 Å². The van der Waals surface area contributed by atoms with E-state index < -0.39 is 0 Å². The quantitative estimate of drug-likeness (QED) is 0.767. The van der Waals surface area contributed by atoms with Crippen molar-refractivity contribution < 1.29 is 13.9 Å². The standard InChI is InChI=1S/C12H18FNO2/c1-15-9-12(16-2)8-14-7-10-4-3-5-11(13)6-10/h3-6,12,14H,7-9H2,1-2H3. The molecule has 1 N–H and O–H groups in total. The molecule has 0 amide bonds. The molecule has 90 valence electrons. The Kier molecular flexibility index (Phi) is 6.00. The number of rotatable bonds is 7. The van der Waals surface area contributed by atoms with Gasteiger partial charge < -0.3 is 14.8 Å². The zero-order valence-corrected chi connectivity index (χ0v) is 9.70. The summed E-state index contributed by atoms with van der Waals surface area (Å²) < 4.78 is 23.1. The lowest BCUT2D eigenvalue weighted by molar-refractivity contribution is 0.0288. The molecule has 1 rings (SSSR count). The van der Waals surface area contributed by atoms with Gasteiger partial charge in [-0.25, -0.2) is 4.39 Å². The summed E-state index contributed by atoms with van der Waals surface area (Å²) in [4.78, 5) is 0. The molecule has 0 aliphatic carbocycles. The van der Waals surface area contributed by atoms with E-state index in [9.17, 15) is 4.39 Å². The van der Waals surface area contributed by atoms with Crippen LogP contribution in [0, 0.1) is 5.82 Å². The van der Waals surface area contributed by atoms with Gasteiger partial charge in [0.25, 0.3) is 0 Å². The van der Waals surface area contributed by atoms with Crippen molar-refractivity contribution >= 4 is 0 Å². The molecule has 0 saturated carbocycles. The minimum Gasteiger partial charge on any atom is -0.382 e. The van der Waals surface area contributed by atoms with E-state index in [-0.39, 0.29) is 11.9 Å². The minimum atomic E-state index is -0.209. The molecule has 0 fully saturated rings. The van der Waals surface area contributed by atoms with Crippen LogP contribution in [-0.2, 0) is 16.0 Å². The van der Waals surface area contributed by atoms with Crippen molar-refractivity contribution in [3.05, 3.63) is 35.6 Å². The van der Waals surface area contributed by atoms with E-state index >= 15 is 0 Å². The summed E-state index contributed by atoms with van der Waals surface area (Å²) in [5.74, 6) is -0.209. The number of hydrogen-bond donors (Lipinski definition) is 1. The average molecular weight is 227 g/mol. The van der Waals surface area contributed by atoms with E-state index in [4.69, 9.17) is 9.47 Å². The van der Waals surface area contributed by atoms with Gasteiger partial charge in [-0.3, -0.25) is 0 Å². The molecule has 3 nitrogen and oxygen atoms in total. The highest BCUT2D eigenvalue weighted by atomic mass is 19.1. The van der Waals surface area contributed by atoms with Crippen LogP contribution in [0.4, 0.5) is 4.39 Å². The van der Waals surface area contributed by atoms with Crippen LogP contribution in [0.25, 0.3) is 0 Å². The normalized spacial score (nSPS) is 12.7. The van der Waals surface area contributed by atoms with Gasteiger partial charge in [0.05, 0.1) is 12.7 Å². The highest BCUT2D eigenvalue weighted by Gasteiger charge is 2.05. The van der Waals surface area contributed by atoms with Crippen LogP contribution >= 0.6 is 0 Å². The highest BCUT2D eigenvalue weighted by molar-refractivity contribution is 5.15. The second kappa shape index (κ2) is 7.33. The number of hydrogen-bond acceptors (Lipinski definition) is 3. The van der Waals surface area contributed by atoms with Crippen LogP contribution < -0.4 is 5.32 Å². The van der Waals surface area contributed by atoms with Gasteiger partial charge in [0, 0.05) is 27.3 Å². The van der Waals surface area contributed by atoms with Crippen LogP contribution in [-0.4, -0.2) is 33.5 Å². The van der Waals surface area contributed by atoms with E-state index in [1.165, 1.54) is 12.1 Å². The van der Waals surface area contributed by atoms with E-state index in [2.05, 4.69) is 5.32 Å². The molecule has 0 bridgehead atoms. The van der Waals surface area contributed by atoms with Gasteiger partial charge in [-0.2, -0.15) is 0 Å². The SMILES string of the molecule is COCC(CNCc1cccc(F)c1)OC. The summed E-state index contributed by atoms with van der Waals surface area (Å²) in [7, 11) is 3.28. The first-order chi connectivity index (χ1) is 7.76. The highest BCUT2D eigenvalue weighted by Crippen LogP contribution is 2.02. The molecule has 1 atom stereocenters. The molecule has 0 saturated heterocycles. The van der Waals surface area contributed by atoms with Crippen molar-refractivity contribution in [1.29, 1.82) is 0 Å². The van der Waals surface area contributed by atoms with Crippen molar-refractivity contribution in [2.75, 3.05) is 27.4 Å². The zero-order chi connectivity index (χ0) is 11.8. The van der Waals surface area contributed by atoms with Gasteiger partial charge in [-0.05, 0) is 17.7 Å². The van der Waals surface area contributed by atoms with Gasteiger partial charge in [0.1, 0.15) is 5.82 Å². The predicted molar refractivity (Wildman–Crippen MR) is 60.8 cm³/mol. The zero-order valence-electron chi connectivity index (χ0n) is 9.70. The summed E-state index contributed by atoms with van der Waals surface area (Å²) in [6, 6.07) is 6.54. The topological polar surface area (TPSA) is 30.5 Å². The maximum Gasteiger partial charge on any atom is 0.123 e. The van der Waals surface area contributed by atoms with Crippen molar-refractivity contribution in [2.45, 2.75) is 12.6 Å². The number of benzene rings is 1. The Morgan fingerprint density at radius 1 is 1.38 bits per heavy atom. The summed E-state index contributed by atoms with van der Waals surface area (Å²) in [6.07, 6.45) is 0.0264. The van der Waals surface area contributed by atoms with Crippen molar-refractivity contribution in [1.82, 2.24) is 5.32 Å². The molecule has 1 unspecified atom stereocenters. The Morgan fingerprint density at radius 2 is 2.19 bits per heavy atom. The molecule has 0 radical (unpaired) electrons. The molecule has 1 aromatic rings. The smallest absolute Gasteiger partial charge is 0.123 e. The Bertz CT molecular complexity index is 307. The van der Waals surface area contributed by atoms with Crippen LogP contribution in [0.2, 0.25) is 0 Å². The van der Waals surface area contributed by atoms with Crippen LogP contribution in [0.1, 0.15) is 5.56 Å². The molecule has 0 spiro atoms. The number of ether oxygens (including phenoxy) is 2. The fourth-order valence-corrected chi connectivity index (χ4v) is 1.42. The summed E-state index contributed by atoms with van der Waals surface area (Å²) in [5, 5.41) is 3.19. The molecule has 0 aliphatic heterocycles.